The summed E-state index contributed by atoms with van der Waals surface area (Å²) in [6, 6.07) is 5.09. The summed E-state index contributed by atoms with van der Waals surface area (Å²) >= 11 is 0. The number of amides is 2. The van der Waals surface area contributed by atoms with Crippen molar-refractivity contribution in [3.05, 3.63) is 39.9 Å². The predicted molar refractivity (Wildman–Crippen MR) is 88.6 cm³/mol. The average molecular weight is 325 g/mol. The van der Waals surface area contributed by atoms with Gasteiger partial charge in [0.1, 0.15) is 11.9 Å². The molecule has 1 aromatic heterocycles. The van der Waals surface area contributed by atoms with Crippen LogP contribution in [0.4, 0.5) is 0 Å². The van der Waals surface area contributed by atoms with Crippen LogP contribution in [0.1, 0.15) is 43.1 Å². The van der Waals surface area contributed by atoms with E-state index in [0.717, 1.165) is 12.0 Å². The predicted octanol–water partition coefficient (Wildman–Crippen LogP) is 1.64. The Bertz CT molecular complexity index is 912. The molecule has 0 spiro atoms. The Labute approximate surface area is 138 Å². The molecule has 24 heavy (non-hydrogen) atoms. The zero-order valence-corrected chi connectivity index (χ0v) is 13.5. The van der Waals surface area contributed by atoms with Crippen molar-refractivity contribution in [3.63, 3.8) is 0 Å². The Balaban J connectivity index is 1.87. The minimum Gasteiger partial charge on any atom is -0.295 e. The van der Waals surface area contributed by atoms with Crippen LogP contribution in [-0.2, 0) is 16.0 Å². The number of benzene rings is 1. The highest BCUT2D eigenvalue weighted by molar-refractivity contribution is 5.99. The molecule has 1 saturated carbocycles. The quantitative estimate of drug-likeness (QED) is 0.870. The molecule has 2 aromatic rings. The van der Waals surface area contributed by atoms with E-state index >= 15 is 0 Å². The van der Waals surface area contributed by atoms with Crippen molar-refractivity contribution in [2.45, 2.75) is 45.1 Å². The first-order valence-corrected chi connectivity index (χ1v) is 8.39. The van der Waals surface area contributed by atoms with Gasteiger partial charge in [0.05, 0.1) is 10.9 Å². The number of aromatic nitrogens is 2. The van der Waals surface area contributed by atoms with Crippen molar-refractivity contribution in [2.75, 3.05) is 0 Å². The highest BCUT2D eigenvalue weighted by atomic mass is 16.2. The summed E-state index contributed by atoms with van der Waals surface area (Å²) in [5, 5.41) is 2.93. The third-order valence-corrected chi connectivity index (χ3v) is 4.92. The molecule has 1 atom stereocenters. The van der Waals surface area contributed by atoms with Crippen molar-refractivity contribution in [3.8, 4) is 0 Å². The van der Waals surface area contributed by atoms with Crippen LogP contribution in [0.15, 0.2) is 23.0 Å². The maximum Gasteiger partial charge on any atom is 0.262 e. The number of nitrogens with one attached hydrogen (secondary N) is 1. The second-order valence-electron chi connectivity index (χ2n) is 6.76. The standard InChI is InChI=1S/C18H19N3O3/c1-10-19-13-4-2-3-12(9-11-5-6-11)16(13)18(24)21(10)14-7-8-15(22)20-17(14)23/h2-4,11,14H,5-9H2,1H3,(H,20,22,23). The Morgan fingerprint density at radius 3 is 2.71 bits per heavy atom. The van der Waals surface area contributed by atoms with Crippen molar-refractivity contribution in [1.29, 1.82) is 0 Å². The van der Waals surface area contributed by atoms with E-state index in [9.17, 15) is 14.4 Å². The molecule has 1 aliphatic carbocycles. The third-order valence-electron chi connectivity index (χ3n) is 4.92. The van der Waals surface area contributed by atoms with Crippen LogP contribution in [0, 0.1) is 12.8 Å². The highest BCUT2D eigenvalue weighted by Gasteiger charge is 2.31. The lowest BCUT2D eigenvalue weighted by atomic mass is 10.0. The molecular weight excluding hydrogens is 306 g/mol. The smallest absolute Gasteiger partial charge is 0.262 e. The number of imide groups is 1. The Hall–Kier alpha value is -2.50. The molecule has 2 aliphatic rings. The lowest BCUT2D eigenvalue weighted by Gasteiger charge is -2.24. The molecule has 0 bridgehead atoms. The molecule has 1 aromatic carbocycles. The maximum absolute atomic E-state index is 13.2. The van der Waals surface area contributed by atoms with Crippen LogP contribution in [0.5, 0.6) is 0 Å². The molecule has 124 valence electrons. The van der Waals surface area contributed by atoms with Gasteiger partial charge in [0, 0.05) is 6.42 Å². The van der Waals surface area contributed by atoms with E-state index in [4.69, 9.17) is 0 Å². The molecule has 0 radical (unpaired) electrons. The van der Waals surface area contributed by atoms with Crippen molar-refractivity contribution < 1.29 is 9.59 Å². The summed E-state index contributed by atoms with van der Waals surface area (Å²) in [4.78, 5) is 41.3. The summed E-state index contributed by atoms with van der Waals surface area (Å²) in [5.41, 5.74) is 1.51. The van der Waals surface area contributed by atoms with Gasteiger partial charge < -0.3 is 0 Å². The summed E-state index contributed by atoms with van der Waals surface area (Å²) in [5.74, 6) is 0.452. The van der Waals surface area contributed by atoms with Gasteiger partial charge in [-0.2, -0.15) is 0 Å². The summed E-state index contributed by atoms with van der Waals surface area (Å²) in [7, 11) is 0. The van der Waals surface area contributed by atoms with E-state index in [-0.39, 0.29) is 17.9 Å². The highest BCUT2D eigenvalue weighted by Crippen LogP contribution is 2.34. The number of carbonyl (C=O) groups is 2. The number of aryl methyl sites for hydroxylation is 1. The summed E-state index contributed by atoms with van der Waals surface area (Å²) < 4.78 is 1.46. The second kappa shape index (κ2) is 5.54. The number of nitrogens with zero attached hydrogens (tertiary/aromatic N) is 2. The van der Waals surface area contributed by atoms with E-state index in [1.807, 2.05) is 18.2 Å². The number of hydrogen-bond donors (Lipinski definition) is 1. The van der Waals surface area contributed by atoms with Gasteiger partial charge in [-0.3, -0.25) is 24.3 Å². The molecule has 1 aliphatic heterocycles. The van der Waals surface area contributed by atoms with Gasteiger partial charge in [-0.05, 0) is 50.2 Å². The molecule has 4 rings (SSSR count). The lowest BCUT2D eigenvalue weighted by molar-refractivity contribution is -0.135. The molecule has 2 amide bonds. The van der Waals surface area contributed by atoms with Gasteiger partial charge >= 0.3 is 0 Å². The number of fused-ring (bicyclic) bond motifs is 1. The first-order chi connectivity index (χ1) is 11.5. The molecule has 6 heteroatoms. The fourth-order valence-electron chi connectivity index (χ4n) is 3.52. The Morgan fingerprint density at radius 2 is 2.00 bits per heavy atom. The molecule has 1 N–H and O–H groups in total. The van der Waals surface area contributed by atoms with E-state index < -0.39 is 11.9 Å². The SMILES string of the molecule is Cc1nc2cccc(CC3CC3)c2c(=O)n1C1CCC(=O)NC1=O. The van der Waals surface area contributed by atoms with Crippen LogP contribution >= 0.6 is 0 Å². The zero-order chi connectivity index (χ0) is 16.8. The number of rotatable bonds is 3. The van der Waals surface area contributed by atoms with E-state index in [1.54, 1.807) is 6.92 Å². The van der Waals surface area contributed by atoms with Crippen molar-refractivity contribution in [1.82, 2.24) is 14.9 Å². The molecular formula is C18H19N3O3. The lowest BCUT2D eigenvalue weighted by Crippen LogP contribution is -2.45. The monoisotopic (exact) mass is 325 g/mol. The molecule has 1 unspecified atom stereocenters. The van der Waals surface area contributed by atoms with E-state index in [0.29, 0.717) is 29.1 Å². The first-order valence-electron chi connectivity index (χ1n) is 8.39. The number of piperidine rings is 1. The van der Waals surface area contributed by atoms with E-state index in [2.05, 4.69) is 10.3 Å². The normalized spacial score (nSPS) is 21.1. The van der Waals surface area contributed by atoms with Gasteiger partial charge in [0.2, 0.25) is 11.8 Å². The summed E-state index contributed by atoms with van der Waals surface area (Å²) in [6.07, 6.45) is 3.87. The van der Waals surface area contributed by atoms with Crippen molar-refractivity contribution >= 4 is 22.7 Å². The molecule has 6 nitrogen and oxygen atoms in total. The number of carbonyl (C=O) groups excluding carboxylic acids is 2. The Kier molecular flexibility index (Phi) is 3.48. The maximum atomic E-state index is 13.2. The molecule has 1 saturated heterocycles. The van der Waals surface area contributed by atoms with Gasteiger partial charge in [-0.25, -0.2) is 4.98 Å². The van der Waals surface area contributed by atoms with E-state index in [1.165, 1.54) is 17.4 Å². The van der Waals surface area contributed by atoms with Gasteiger partial charge in [0.25, 0.3) is 5.56 Å². The fraction of sp³-hybridized carbons (Fsp3) is 0.444. The summed E-state index contributed by atoms with van der Waals surface area (Å²) in [6.45, 7) is 1.73. The largest absolute Gasteiger partial charge is 0.295 e. The minimum absolute atomic E-state index is 0.178. The van der Waals surface area contributed by atoms with Crippen LogP contribution in [-0.4, -0.2) is 21.4 Å². The molecule has 2 heterocycles. The third kappa shape index (κ3) is 2.52. The van der Waals surface area contributed by atoms with Gasteiger partial charge in [0.15, 0.2) is 0 Å². The van der Waals surface area contributed by atoms with Crippen LogP contribution in [0.25, 0.3) is 10.9 Å². The zero-order valence-electron chi connectivity index (χ0n) is 13.5. The number of hydrogen-bond acceptors (Lipinski definition) is 4. The van der Waals surface area contributed by atoms with Crippen LogP contribution in [0.2, 0.25) is 0 Å². The minimum atomic E-state index is -0.666. The second-order valence-corrected chi connectivity index (χ2v) is 6.76. The first kappa shape index (κ1) is 15.1. The van der Waals surface area contributed by atoms with Crippen LogP contribution in [0.3, 0.4) is 0 Å². The fourth-order valence-corrected chi connectivity index (χ4v) is 3.52. The topological polar surface area (TPSA) is 81.1 Å². The van der Waals surface area contributed by atoms with Crippen molar-refractivity contribution in [2.24, 2.45) is 5.92 Å². The van der Waals surface area contributed by atoms with Gasteiger partial charge in [-0.15, -0.1) is 0 Å². The Morgan fingerprint density at radius 1 is 1.21 bits per heavy atom. The average Bonchev–Trinajstić information content (AvgIpc) is 3.33. The van der Waals surface area contributed by atoms with Gasteiger partial charge in [-0.1, -0.05) is 12.1 Å². The van der Waals surface area contributed by atoms with Crippen LogP contribution < -0.4 is 10.9 Å². The molecule has 2 fully saturated rings.